The van der Waals surface area contributed by atoms with Gasteiger partial charge in [0.25, 0.3) is 0 Å². The van der Waals surface area contributed by atoms with Gasteiger partial charge in [-0.25, -0.2) is 0 Å². The van der Waals surface area contributed by atoms with Gasteiger partial charge in [0.1, 0.15) is 79.4 Å². The summed E-state index contributed by atoms with van der Waals surface area (Å²) in [4.78, 5) is 0. The molecular formula is C52H88O21. The van der Waals surface area contributed by atoms with Gasteiger partial charge in [-0.05, 0) is 129 Å². The van der Waals surface area contributed by atoms with Crippen LogP contribution in [0, 0.1) is 56.7 Å². The summed E-state index contributed by atoms with van der Waals surface area (Å²) < 4.78 is 50.2. The first-order valence-corrected chi connectivity index (χ1v) is 26.9. The van der Waals surface area contributed by atoms with Crippen molar-refractivity contribution in [2.75, 3.05) is 19.8 Å². The zero-order valence-electron chi connectivity index (χ0n) is 43.9. The summed E-state index contributed by atoms with van der Waals surface area (Å²) in [5.41, 5.74) is -3.59. The summed E-state index contributed by atoms with van der Waals surface area (Å²) in [6.45, 7) is 17.6. The van der Waals surface area contributed by atoms with Crippen LogP contribution in [0.5, 0.6) is 0 Å². The molecule has 0 unspecified atom stereocenters. The lowest BCUT2D eigenvalue weighted by Gasteiger charge is -2.75. The van der Waals surface area contributed by atoms with Gasteiger partial charge in [-0.2, -0.15) is 0 Å². The molecule has 4 saturated heterocycles. The number of hydrogen-bond acceptors (Lipinski definition) is 21. The van der Waals surface area contributed by atoms with E-state index in [4.69, 9.17) is 37.9 Å². The Labute approximate surface area is 428 Å². The van der Waals surface area contributed by atoms with Crippen LogP contribution in [0.4, 0.5) is 0 Å². The van der Waals surface area contributed by atoms with E-state index in [1.807, 2.05) is 13.8 Å². The molecule has 4 aliphatic heterocycles. The molecule has 0 aromatic rings. The van der Waals surface area contributed by atoms with Crippen molar-refractivity contribution in [3.05, 3.63) is 0 Å². The molecule has 0 bridgehead atoms. The van der Waals surface area contributed by atoms with Crippen LogP contribution in [0.15, 0.2) is 0 Å². The van der Waals surface area contributed by atoms with Crippen molar-refractivity contribution in [1.82, 2.24) is 0 Å². The molecule has 0 aromatic heterocycles. The second-order valence-electron chi connectivity index (χ2n) is 26.0. The highest BCUT2D eigenvalue weighted by molar-refractivity contribution is 5.23. The average molecular weight is 1050 g/mol. The van der Waals surface area contributed by atoms with Crippen LogP contribution in [0.2, 0.25) is 0 Å². The highest BCUT2D eigenvalue weighted by Gasteiger charge is 2.75. The minimum absolute atomic E-state index is 0.0807. The van der Waals surface area contributed by atoms with Crippen molar-refractivity contribution in [2.24, 2.45) is 56.7 Å². The molecule has 21 nitrogen and oxygen atoms in total. The van der Waals surface area contributed by atoms with Gasteiger partial charge < -0.3 is 104 Å². The van der Waals surface area contributed by atoms with E-state index in [1.54, 1.807) is 6.92 Å². The minimum atomic E-state index is -1.69. The zero-order chi connectivity index (χ0) is 53.4. The molecule has 9 fully saturated rings. The van der Waals surface area contributed by atoms with E-state index in [2.05, 4.69) is 41.5 Å². The van der Waals surface area contributed by atoms with Gasteiger partial charge in [0.05, 0.1) is 49.8 Å². The van der Waals surface area contributed by atoms with E-state index in [1.165, 1.54) is 0 Å². The molecule has 5 aliphatic carbocycles. The van der Waals surface area contributed by atoms with E-state index >= 15 is 0 Å². The summed E-state index contributed by atoms with van der Waals surface area (Å²) in [5.74, 6) is -0.549. The highest BCUT2D eigenvalue weighted by Crippen LogP contribution is 2.78. The fraction of sp³-hybridized carbons (Fsp3) is 1.00. The molecule has 0 aromatic carbocycles. The fourth-order valence-electron chi connectivity index (χ4n) is 17.7. The van der Waals surface area contributed by atoms with Crippen LogP contribution in [-0.4, -0.2) is 221 Å². The van der Waals surface area contributed by atoms with E-state index in [0.717, 1.165) is 19.3 Å². The number of ether oxygens (including phenoxy) is 8. The van der Waals surface area contributed by atoms with Gasteiger partial charge in [-0.3, -0.25) is 0 Å². The Kier molecular flexibility index (Phi) is 15.6. The van der Waals surface area contributed by atoms with Crippen molar-refractivity contribution in [3.8, 4) is 0 Å². The molecule has 0 radical (unpaired) electrons. The number of aliphatic hydroxyl groups excluding tert-OH is 13. The van der Waals surface area contributed by atoms with E-state index in [-0.39, 0.29) is 48.2 Å². The van der Waals surface area contributed by atoms with Gasteiger partial charge in [0, 0.05) is 0 Å². The average Bonchev–Trinajstić information content (AvgIpc) is 3.70. The highest BCUT2D eigenvalue weighted by atomic mass is 16.8. The van der Waals surface area contributed by atoms with Crippen LogP contribution in [0.1, 0.15) is 114 Å². The summed E-state index contributed by atoms with van der Waals surface area (Å²) in [6, 6.07) is 0. The predicted octanol–water partition coefficient (Wildman–Crippen LogP) is -1.24. The van der Waals surface area contributed by atoms with Gasteiger partial charge in [-0.15, -0.1) is 0 Å². The van der Waals surface area contributed by atoms with Crippen molar-refractivity contribution in [2.45, 2.75) is 248 Å². The third kappa shape index (κ3) is 9.03. The van der Waals surface area contributed by atoms with Gasteiger partial charge in [0.15, 0.2) is 25.2 Å². The van der Waals surface area contributed by atoms with Crippen molar-refractivity contribution >= 4 is 0 Å². The molecule has 5 saturated carbocycles. The third-order valence-corrected chi connectivity index (χ3v) is 21.5. The Morgan fingerprint density at radius 1 is 0.534 bits per heavy atom. The molecule has 73 heavy (non-hydrogen) atoms. The lowest BCUT2D eigenvalue weighted by Crippen LogP contribution is -2.72. The Bertz CT molecular complexity index is 1930. The van der Waals surface area contributed by atoms with Gasteiger partial charge in [-0.1, -0.05) is 41.5 Å². The first kappa shape index (κ1) is 56.9. The van der Waals surface area contributed by atoms with Crippen LogP contribution in [0.25, 0.3) is 0 Å². The molecule has 0 amide bonds. The molecule has 30 atom stereocenters. The molecular weight excluding hydrogens is 961 g/mol. The number of fused-ring (bicyclic) bond motifs is 7. The topological polar surface area (TPSA) is 337 Å². The molecule has 422 valence electrons. The lowest BCUT2D eigenvalue weighted by molar-refractivity contribution is -0.374. The minimum Gasteiger partial charge on any atom is -0.394 e. The summed E-state index contributed by atoms with van der Waals surface area (Å²) in [5, 5.41) is 141. The van der Waals surface area contributed by atoms with Crippen LogP contribution in [0.3, 0.4) is 0 Å². The van der Waals surface area contributed by atoms with E-state index in [9.17, 15) is 66.4 Å². The normalized spacial score (nSPS) is 57.3. The van der Waals surface area contributed by atoms with Crippen LogP contribution < -0.4 is 0 Å². The number of aliphatic hydroxyl groups is 13. The van der Waals surface area contributed by atoms with Gasteiger partial charge >= 0.3 is 0 Å². The van der Waals surface area contributed by atoms with Crippen molar-refractivity contribution in [1.29, 1.82) is 0 Å². The summed E-state index contributed by atoms with van der Waals surface area (Å²) in [6.07, 6.45) is -22.4. The quantitative estimate of drug-likeness (QED) is 0.114. The molecule has 0 spiro atoms. The summed E-state index contributed by atoms with van der Waals surface area (Å²) >= 11 is 0. The zero-order valence-corrected chi connectivity index (χ0v) is 43.9. The maximum Gasteiger partial charge on any atom is 0.187 e. The molecule has 13 N–H and O–H groups in total. The molecule has 4 heterocycles. The first-order chi connectivity index (χ1) is 34.0. The number of rotatable bonds is 10. The largest absolute Gasteiger partial charge is 0.394 e. The summed E-state index contributed by atoms with van der Waals surface area (Å²) in [7, 11) is 0. The second-order valence-corrected chi connectivity index (χ2v) is 26.0. The second kappa shape index (κ2) is 20.1. The van der Waals surface area contributed by atoms with Crippen LogP contribution in [-0.2, 0) is 37.9 Å². The Balaban J connectivity index is 1.02. The predicted molar refractivity (Wildman–Crippen MR) is 252 cm³/mol. The Hall–Kier alpha value is -0.840. The fourth-order valence-corrected chi connectivity index (χ4v) is 17.7. The molecule has 9 rings (SSSR count). The van der Waals surface area contributed by atoms with Crippen LogP contribution >= 0.6 is 0 Å². The van der Waals surface area contributed by atoms with Crippen molar-refractivity contribution < 1.29 is 104 Å². The smallest absolute Gasteiger partial charge is 0.187 e. The maximum atomic E-state index is 12.8. The third-order valence-electron chi connectivity index (χ3n) is 21.5. The monoisotopic (exact) mass is 1050 g/mol. The SMILES string of the molecule is C[C@@H]1O[C@@H](O[C@H]2CC[C@]3(C)[C@H]4CC[C@@H]5[C@@]6(C)CC[C@H](C(C)(C)O[C@@H]7O[C@H](CO)[C@@H](O)[C@H](O)[C@H]7O)[C@@H]6[C@@H](O)C[C@@]5(C)[C@]4(C)C[C@H](O[C@@H]4OC[C@@H](O)[C@H](O)[C@H]4O)[C@H]3C2(C)C)[C@H](O[C@@H]2OC[C@@H](O)[C@H](O)[C@H]2O)[C@H](O)[C@H]1O. The maximum absolute atomic E-state index is 12.8. The van der Waals surface area contributed by atoms with E-state index < -0.39 is 163 Å². The Morgan fingerprint density at radius 3 is 1.68 bits per heavy atom. The molecule has 21 heteroatoms. The van der Waals surface area contributed by atoms with Gasteiger partial charge in [0.2, 0.25) is 0 Å². The number of hydrogen-bond donors (Lipinski definition) is 13. The standard InChI is InChI=1S/C52H88O21/c1-21-32(57)37(62)41(72-44-39(64)34(59)25(56)20-67-44)46(68-21)71-30-13-15-50(7)29-11-10-28-49(6)14-12-22(48(4,5)73-45-40(65)36(61)35(60)27(18-53)70-45)31(49)23(54)16-51(28,8)52(29,9)17-26(42(50)47(30,2)3)69-43-38(63)33(58)24(55)19-66-43/h21-46,53-65H,10-20H2,1-9H3/t21-,22-,23-,24+,25+,26-,27+,28+,29+,30-,31+,32-,33-,34-,35+,36-,37+,38+,39+,40+,41+,42-,43-,44-,45-,46-,49+,50+,51+,52+/m0/s1. The molecule has 9 aliphatic rings. The lowest BCUT2D eigenvalue weighted by atomic mass is 9.31. The van der Waals surface area contributed by atoms with Crippen molar-refractivity contribution in [3.63, 3.8) is 0 Å². The Morgan fingerprint density at radius 2 is 1.08 bits per heavy atom. The first-order valence-electron chi connectivity index (χ1n) is 26.9. The van der Waals surface area contributed by atoms with E-state index in [0.29, 0.717) is 32.1 Å².